The highest BCUT2D eigenvalue weighted by Crippen LogP contribution is 2.12. The molecule has 2 rings (SSSR count). The van der Waals surface area contributed by atoms with E-state index in [1.54, 1.807) is 6.20 Å². The van der Waals surface area contributed by atoms with Gasteiger partial charge >= 0.3 is 0 Å². The quantitative estimate of drug-likeness (QED) is 0.827. The van der Waals surface area contributed by atoms with Crippen molar-refractivity contribution < 1.29 is 0 Å². The molecule has 0 radical (unpaired) electrons. The Kier molecular flexibility index (Phi) is 3.91. The summed E-state index contributed by atoms with van der Waals surface area (Å²) >= 11 is 0. The predicted octanol–water partition coefficient (Wildman–Crippen LogP) is 2.70. The predicted molar refractivity (Wildman–Crippen MR) is 66.6 cm³/mol. The normalized spacial score (nSPS) is 18.4. The fraction of sp³-hybridized carbons (Fsp3) is 0.538. The first-order chi connectivity index (χ1) is 7.86. The molecule has 1 N–H and O–H groups in total. The van der Waals surface area contributed by atoms with Crippen LogP contribution in [0.4, 0.5) is 0 Å². The van der Waals surface area contributed by atoms with E-state index in [-0.39, 0.29) is 0 Å². The maximum atomic E-state index is 4.57. The van der Waals surface area contributed by atoms with Crippen molar-refractivity contribution in [1.29, 1.82) is 0 Å². The molecule has 3 heteroatoms. The molecular formula is C13H19N3. The van der Waals surface area contributed by atoms with Gasteiger partial charge in [0.05, 0.1) is 11.9 Å². The average molecular weight is 217 g/mol. The molecule has 86 valence electrons. The van der Waals surface area contributed by atoms with Crippen LogP contribution >= 0.6 is 0 Å². The number of pyridine rings is 1. The molecule has 0 bridgehead atoms. The molecule has 1 aliphatic rings. The summed E-state index contributed by atoms with van der Waals surface area (Å²) in [6, 6.07) is 4.37. The fourth-order valence-corrected chi connectivity index (χ4v) is 1.96. The lowest BCUT2D eigenvalue weighted by Gasteiger charge is -2.16. The van der Waals surface area contributed by atoms with Gasteiger partial charge in [-0.3, -0.25) is 9.98 Å². The standard InChI is InChI=1S/C13H19N3/c1-11(12-6-5-8-14-10-12)16-13-7-3-2-4-9-15-13/h5-6,8,10-11H,2-4,7,9H2,1H3,(H,15,16). The topological polar surface area (TPSA) is 37.3 Å². The minimum absolute atomic E-state index is 0.297. The Bertz CT molecular complexity index is 345. The van der Waals surface area contributed by atoms with Gasteiger partial charge in [-0.1, -0.05) is 12.5 Å². The van der Waals surface area contributed by atoms with Crippen molar-refractivity contribution in [1.82, 2.24) is 10.3 Å². The van der Waals surface area contributed by atoms with Gasteiger partial charge in [0.15, 0.2) is 0 Å². The van der Waals surface area contributed by atoms with Gasteiger partial charge in [-0.2, -0.15) is 0 Å². The molecule has 1 aliphatic heterocycles. The molecule has 0 fully saturated rings. The van der Waals surface area contributed by atoms with E-state index in [0.29, 0.717) is 6.04 Å². The zero-order valence-electron chi connectivity index (χ0n) is 9.82. The highest BCUT2D eigenvalue weighted by Gasteiger charge is 2.09. The number of nitrogens with zero attached hydrogens (tertiary/aromatic N) is 2. The SMILES string of the molecule is CC(NC1=NCCCCC1)c1cccnc1. The van der Waals surface area contributed by atoms with Gasteiger partial charge in [-0.15, -0.1) is 0 Å². The van der Waals surface area contributed by atoms with Crippen molar-refractivity contribution in [3.8, 4) is 0 Å². The lowest BCUT2D eigenvalue weighted by Crippen LogP contribution is -2.26. The summed E-state index contributed by atoms with van der Waals surface area (Å²) in [5.41, 5.74) is 1.22. The van der Waals surface area contributed by atoms with E-state index in [1.807, 2.05) is 12.3 Å². The number of amidine groups is 1. The molecule has 1 atom stereocenters. The van der Waals surface area contributed by atoms with E-state index in [2.05, 4.69) is 28.3 Å². The summed E-state index contributed by atoms with van der Waals surface area (Å²) < 4.78 is 0. The van der Waals surface area contributed by atoms with Crippen LogP contribution in [0.2, 0.25) is 0 Å². The second kappa shape index (κ2) is 5.64. The summed E-state index contributed by atoms with van der Waals surface area (Å²) in [4.78, 5) is 8.71. The van der Waals surface area contributed by atoms with E-state index in [9.17, 15) is 0 Å². The Morgan fingerprint density at radius 3 is 3.06 bits per heavy atom. The fourth-order valence-electron chi connectivity index (χ4n) is 1.96. The molecule has 0 aliphatic carbocycles. The van der Waals surface area contributed by atoms with E-state index < -0.39 is 0 Å². The molecule has 0 spiro atoms. The number of hydrogen-bond donors (Lipinski definition) is 1. The van der Waals surface area contributed by atoms with Gasteiger partial charge in [-0.25, -0.2) is 0 Å². The van der Waals surface area contributed by atoms with Crippen molar-refractivity contribution in [3.05, 3.63) is 30.1 Å². The van der Waals surface area contributed by atoms with Crippen LogP contribution in [0.1, 0.15) is 44.2 Å². The van der Waals surface area contributed by atoms with Gasteiger partial charge in [0.25, 0.3) is 0 Å². The number of rotatable bonds is 2. The first-order valence-corrected chi connectivity index (χ1v) is 6.06. The number of hydrogen-bond acceptors (Lipinski definition) is 3. The van der Waals surface area contributed by atoms with Crippen molar-refractivity contribution in [3.63, 3.8) is 0 Å². The van der Waals surface area contributed by atoms with E-state index in [1.165, 1.54) is 24.8 Å². The van der Waals surface area contributed by atoms with Crippen LogP contribution in [0.3, 0.4) is 0 Å². The maximum absolute atomic E-state index is 4.57. The molecule has 3 nitrogen and oxygen atoms in total. The second-order valence-corrected chi connectivity index (χ2v) is 4.29. The second-order valence-electron chi connectivity index (χ2n) is 4.29. The molecule has 0 saturated carbocycles. The zero-order chi connectivity index (χ0) is 11.2. The van der Waals surface area contributed by atoms with Crippen LogP contribution in [0.15, 0.2) is 29.5 Å². The number of aromatic nitrogens is 1. The molecule has 1 aromatic rings. The van der Waals surface area contributed by atoms with Gasteiger partial charge in [-0.05, 0) is 31.4 Å². The third-order valence-corrected chi connectivity index (χ3v) is 2.94. The maximum Gasteiger partial charge on any atom is 0.0967 e. The lowest BCUT2D eigenvalue weighted by atomic mass is 10.1. The largest absolute Gasteiger partial charge is 0.367 e. The summed E-state index contributed by atoms with van der Waals surface area (Å²) in [5.74, 6) is 1.16. The van der Waals surface area contributed by atoms with Crippen LogP contribution in [-0.4, -0.2) is 17.4 Å². The van der Waals surface area contributed by atoms with Crippen molar-refractivity contribution in [2.75, 3.05) is 6.54 Å². The smallest absolute Gasteiger partial charge is 0.0967 e. The third-order valence-electron chi connectivity index (χ3n) is 2.94. The van der Waals surface area contributed by atoms with Gasteiger partial charge in [0.2, 0.25) is 0 Å². The highest BCUT2D eigenvalue weighted by atomic mass is 15.0. The van der Waals surface area contributed by atoms with Crippen molar-refractivity contribution in [2.24, 2.45) is 4.99 Å². The molecule has 0 amide bonds. The zero-order valence-corrected chi connectivity index (χ0v) is 9.82. The van der Waals surface area contributed by atoms with E-state index >= 15 is 0 Å². The van der Waals surface area contributed by atoms with Crippen LogP contribution in [0.5, 0.6) is 0 Å². The van der Waals surface area contributed by atoms with E-state index in [4.69, 9.17) is 0 Å². The van der Waals surface area contributed by atoms with Crippen LogP contribution in [-0.2, 0) is 0 Å². The molecule has 2 heterocycles. The third kappa shape index (κ3) is 3.05. The Morgan fingerprint density at radius 2 is 2.25 bits per heavy atom. The summed E-state index contributed by atoms with van der Waals surface area (Å²) in [6.07, 6.45) is 8.59. The summed E-state index contributed by atoms with van der Waals surface area (Å²) in [5, 5.41) is 3.49. The van der Waals surface area contributed by atoms with Crippen molar-refractivity contribution >= 4 is 5.84 Å². The minimum Gasteiger partial charge on any atom is -0.367 e. The monoisotopic (exact) mass is 217 g/mol. The van der Waals surface area contributed by atoms with Gasteiger partial charge in [0, 0.05) is 25.4 Å². The average Bonchev–Trinajstić information content (AvgIpc) is 2.59. The Morgan fingerprint density at radius 1 is 1.31 bits per heavy atom. The van der Waals surface area contributed by atoms with Crippen LogP contribution in [0.25, 0.3) is 0 Å². The summed E-state index contributed by atoms with van der Waals surface area (Å²) in [7, 11) is 0. The van der Waals surface area contributed by atoms with Crippen LogP contribution < -0.4 is 5.32 Å². The molecule has 1 aromatic heterocycles. The molecule has 1 unspecified atom stereocenters. The van der Waals surface area contributed by atoms with Crippen molar-refractivity contribution in [2.45, 2.75) is 38.6 Å². The highest BCUT2D eigenvalue weighted by molar-refractivity contribution is 5.82. The van der Waals surface area contributed by atoms with Gasteiger partial charge < -0.3 is 5.32 Å². The number of aliphatic imine (C=N–C) groups is 1. The summed E-state index contributed by atoms with van der Waals surface area (Å²) in [6.45, 7) is 3.13. The number of nitrogens with one attached hydrogen (secondary N) is 1. The molecular weight excluding hydrogens is 198 g/mol. The Labute approximate surface area is 97.0 Å². The van der Waals surface area contributed by atoms with Crippen LogP contribution in [0, 0.1) is 0 Å². The Hall–Kier alpha value is -1.38. The first kappa shape index (κ1) is 11.1. The molecule has 16 heavy (non-hydrogen) atoms. The molecule has 0 saturated heterocycles. The molecule has 0 aromatic carbocycles. The Balaban J connectivity index is 1.96. The van der Waals surface area contributed by atoms with Gasteiger partial charge in [0.1, 0.15) is 0 Å². The minimum atomic E-state index is 0.297. The van der Waals surface area contributed by atoms with E-state index in [0.717, 1.165) is 18.8 Å². The first-order valence-electron chi connectivity index (χ1n) is 6.06. The lowest BCUT2D eigenvalue weighted by molar-refractivity contribution is 0.691.